The number of carbonyl (C=O) groups is 1. The molecule has 0 saturated carbocycles. The van der Waals surface area contributed by atoms with Crippen LogP contribution in [0.25, 0.3) is 0 Å². The highest BCUT2D eigenvalue weighted by molar-refractivity contribution is 7.11. The second-order valence-corrected chi connectivity index (χ2v) is 4.93. The molecule has 3 heterocycles. The average Bonchev–Trinajstić information content (AvgIpc) is 2.93. The first-order valence-electron chi connectivity index (χ1n) is 5.51. The summed E-state index contributed by atoms with van der Waals surface area (Å²) in [7, 11) is 0. The first-order chi connectivity index (χ1) is 8.72. The number of nitrogens with zero attached hydrogens (tertiary/aromatic N) is 3. The number of hydrogen-bond acceptors (Lipinski definition) is 6. The van der Waals surface area contributed by atoms with E-state index in [-0.39, 0.29) is 12.0 Å². The number of aryl methyl sites for hydroxylation is 1. The molecule has 2 aromatic heterocycles. The van der Waals surface area contributed by atoms with Crippen LogP contribution >= 0.6 is 11.3 Å². The third-order valence-electron chi connectivity index (χ3n) is 2.66. The fourth-order valence-electron chi connectivity index (χ4n) is 1.72. The van der Waals surface area contributed by atoms with Crippen LogP contribution in [0, 0.1) is 6.92 Å². The molecule has 0 aromatic carbocycles. The van der Waals surface area contributed by atoms with Crippen molar-refractivity contribution < 1.29 is 14.1 Å². The summed E-state index contributed by atoms with van der Waals surface area (Å²) < 4.78 is 10.5. The molecule has 0 N–H and O–H groups in total. The maximum absolute atomic E-state index is 11.9. The first-order valence-corrected chi connectivity index (χ1v) is 6.39. The molecule has 3 rings (SSSR count). The minimum Gasteiger partial charge on any atom is -0.463 e. The Hall–Kier alpha value is -1.89. The van der Waals surface area contributed by atoms with Crippen LogP contribution in [0.15, 0.2) is 22.2 Å². The highest BCUT2D eigenvalue weighted by atomic mass is 32.1. The molecular formula is C11H11N3O3S. The zero-order chi connectivity index (χ0) is 12.5. The summed E-state index contributed by atoms with van der Waals surface area (Å²) in [6, 6.07) is 1.64. The number of carbonyl (C=O) groups excluding carboxylic acids is 1. The number of ether oxygens (including phenoxy) is 1. The van der Waals surface area contributed by atoms with E-state index >= 15 is 0 Å². The van der Waals surface area contributed by atoms with Gasteiger partial charge in [0.25, 0.3) is 11.1 Å². The Morgan fingerprint density at radius 1 is 1.61 bits per heavy atom. The van der Waals surface area contributed by atoms with Crippen molar-refractivity contribution in [1.29, 1.82) is 0 Å². The van der Waals surface area contributed by atoms with Gasteiger partial charge in [-0.1, -0.05) is 16.5 Å². The van der Waals surface area contributed by atoms with Gasteiger partial charge in [0.05, 0.1) is 13.1 Å². The zero-order valence-corrected chi connectivity index (χ0v) is 10.5. The number of likely N-dealkylation sites (tertiary alicyclic amines) is 1. The van der Waals surface area contributed by atoms with Crippen molar-refractivity contribution in [3.05, 3.63) is 29.1 Å². The van der Waals surface area contributed by atoms with E-state index in [1.165, 1.54) is 11.3 Å². The number of rotatable bonds is 3. The molecule has 0 bridgehead atoms. The van der Waals surface area contributed by atoms with Gasteiger partial charge in [0.1, 0.15) is 11.9 Å². The molecular weight excluding hydrogens is 254 g/mol. The van der Waals surface area contributed by atoms with Crippen molar-refractivity contribution in [3.63, 3.8) is 0 Å². The fraction of sp³-hybridized carbons (Fsp3) is 0.364. The summed E-state index contributed by atoms with van der Waals surface area (Å²) in [6.45, 7) is 2.88. The molecule has 94 valence electrons. The third-order valence-corrected chi connectivity index (χ3v) is 3.32. The van der Waals surface area contributed by atoms with Crippen LogP contribution in [-0.4, -0.2) is 40.1 Å². The predicted molar refractivity (Wildman–Crippen MR) is 63.7 cm³/mol. The van der Waals surface area contributed by atoms with Crippen LogP contribution < -0.4 is 4.74 Å². The maximum atomic E-state index is 11.9. The highest BCUT2D eigenvalue weighted by Gasteiger charge is 2.34. The molecule has 0 atom stereocenters. The third kappa shape index (κ3) is 2.08. The molecule has 1 aliphatic rings. The van der Waals surface area contributed by atoms with Crippen LogP contribution in [0.5, 0.6) is 5.19 Å². The summed E-state index contributed by atoms with van der Waals surface area (Å²) in [5, 5.41) is 6.20. The second-order valence-electron chi connectivity index (χ2n) is 4.07. The smallest absolute Gasteiger partial charge is 0.276 e. The fourth-order valence-corrected chi connectivity index (χ4v) is 2.27. The first kappa shape index (κ1) is 11.2. The summed E-state index contributed by atoms with van der Waals surface area (Å²) in [5.74, 6) is 0.514. The van der Waals surface area contributed by atoms with Crippen molar-refractivity contribution >= 4 is 17.2 Å². The topological polar surface area (TPSA) is 68.5 Å². The molecule has 7 heteroatoms. The Kier molecular flexibility index (Phi) is 2.75. The van der Waals surface area contributed by atoms with E-state index in [1.807, 2.05) is 5.38 Å². The average molecular weight is 265 g/mol. The van der Waals surface area contributed by atoms with Gasteiger partial charge >= 0.3 is 0 Å². The van der Waals surface area contributed by atoms with E-state index in [1.54, 1.807) is 24.1 Å². The Morgan fingerprint density at radius 2 is 2.44 bits per heavy atom. The minimum absolute atomic E-state index is 0.0214. The molecule has 1 amide bonds. The number of thiazole rings is 1. The molecule has 0 unspecified atom stereocenters. The summed E-state index contributed by atoms with van der Waals surface area (Å²) in [4.78, 5) is 17.6. The molecule has 0 radical (unpaired) electrons. The molecule has 2 aromatic rings. The Labute approximate surface area is 107 Å². The quantitative estimate of drug-likeness (QED) is 0.837. The lowest BCUT2D eigenvalue weighted by molar-refractivity contribution is 0.0169. The lowest BCUT2D eigenvalue weighted by Crippen LogP contribution is -2.56. The molecule has 6 nitrogen and oxygen atoms in total. The molecule has 1 fully saturated rings. The standard InChI is InChI=1S/C11H11N3O3S/c1-7-4-9(13-17-7)10(15)14-5-8(6-14)16-11-12-2-3-18-11/h2-4,8H,5-6H2,1H3. The molecule has 0 spiro atoms. The van der Waals surface area contributed by atoms with Gasteiger partial charge in [0, 0.05) is 17.6 Å². The van der Waals surface area contributed by atoms with Gasteiger partial charge in [-0.25, -0.2) is 4.98 Å². The van der Waals surface area contributed by atoms with E-state index in [9.17, 15) is 4.79 Å². The second kappa shape index (κ2) is 4.41. The van der Waals surface area contributed by atoms with Crippen molar-refractivity contribution in [3.8, 4) is 5.19 Å². The molecule has 0 aliphatic carbocycles. The largest absolute Gasteiger partial charge is 0.463 e. The van der Waals surface area contributed by atoms with Crippen molar-refractivity contribution in [2.24, 2.45) is 0 Å². The van der Waals surface area contributed by atoms with Gasteiger partial charge in [0.2, 0.25) is 0 Å². The van der Waals surface area contributed by atoms with Crippen molar-refractivity contribution in [2.75, 3.05) is 13.1 Å². The molecule has 1 aliphatic heterocycles. The Morgan fingerprint density at radius 3 is 3.06 bits per heavy atom. The van der Waals surface area contributed by atoms with Gasteiger partial charge in [-0.3, -0.25) is 4.79 Å². The van der Waals surface area contributed by atoms with Crippen LogP contribution in [0.2, 0.25) is 0 Å². The van der Waals surface area contributed by atoms with Gasteiger partial charge in [-0.05, 0) is 6.92 Å². The van der Waals surface area contributed by atoms with Crippen LogP contribution in [0.3, 0.4) is 0 Å². The van der Waals surface area contributed by atoms with Gasteiger partial charge in [0.15, 0.2) is 5.69 Å². The normalized spacial score (nSPS) is 15.5. The summed E-state index contributed by atoms with van der Waals surface area (Å²) in [5.41, 5.74) is 0.347. The van der Waals surface area contributed by atoms with E-state index in [4.69, 9.17) is 9.26 Å². The lowest BCUT2D eigenvalue weighted by atomic mass is 10.1. The van der Waals surface area contributed by atoms with E-state index < -0.39 is 0 Å². The molecule has 18 heavy (non-hydrogen) atoms. The van der Waals surface area contributed by atoms with Gasteiger partial charge in [-0.15, -0.1) is 0 Å². The van der Waals surface area contributed by atoms with Crippen LogP contribution in [0.1, 0.15) is 16.2 Å². The predicted octanol–water partition coefficient (Wildman–Crippen LogP) is 1.34. The number of aromatic nitrogens is 2. The summed E-state index contributed by atoms with van der Waals surface area (Å²) in [6.07, 6.45) is 1.72. The van der Waals surface area contributed by atoms with Gasteiger partial charge < -0.3 is 14.2 Å². The zero-order valence-electron chi connectivity index (χ0n) is 9.70. The van der Waals surface area contributed by atoms with Gasteiger partial charge in [-0.2, -0.15) is 0 Å². The van der Waals surface area contributed by atoms with Crippen LogP contribution in [0.4, 0.5) is 0 Å². The number of amides is 1. The van der Waals surface area contributed by atoms with E-state index in [2.05, 4.69) is 10.1 Å². The maximum Gasteiger partial charge on any atom is 0.276 e. The SMILES string of the molecule is Cc1cc(C(=O)N2CC(Oc3nccs3)C2)no1. The number of hydrogen-bond donors (Lipinski definition) is 0. The van der Waals surface area contributed by atoms with Crippen molar-refractivity contribution in [2.45, 2.75) is 13.0 Å². The lowest BCUT2D eigenvalue weighted by Gasteiger charge is -2.37. The Bertz CT molecular complexity index is 546. The minimum atomic E-state index is -0.120. The summed E-state index contributed by atoms with van der Waals surface area (Å²) >= 11 is 1.45. The molecule has 1 saturated heterocycles. The highest BCUT2D eigenvalue weighted by Crippen LogP contribution is 2.21. The van der Waals surface area contributed by atoms with Crippen molar-refractivity contribution in [1.82, 2.24) is 15.0 Å². The van der Waals surface area contributed by atoms with Crippen LogP contribution in [-0.2, 0) is 0 Å². The Balaban J connectivity index is 1.54. The van der Waals surface area contributed by atoms with E-state index in [0.717, 1.165) is 0 Å². The van der Waals surface area contributed by atoms with E-state index in [0.29, 0.717) is 29.7 Å². The monoisotopic (exact) mass is 265 g/mol.